The summed E-state index contributed by atoms with van der Waals surface area (Å²) >= 11 is 0. The van der Waals surface area contributed by atoms with E-state index in [0.29, 0.717) is 18.2 Å². The SMILES string of the molecule is C=C(OC)N1CCC(C)C1CC#N. The fourth-order valence-corrected chi connectivity index (χ4v) is 1.84. The Bertz CT molecular complexity index is 232. The zero-order valence-corrected chi connectivity index (χ0v) is 8.29. The molecule has 1 rings (SSSR count). The molecule has 1 aliphatic rings. The van der Waals surface area contributed by atoms with Crippen LogP contribution in [0.5, 0.6) is 0 Å². The molecule has 13 heavy (non-hydrogen) atoms. The molecule has 72 valence electrons. The lowest BCUT2D eigenvalue weighted by Gasteiger charge is -2.27. The van der Waals surface area contributed by atoms with E-state index in [2.05, 4.69) is 24.5 Å². The number of hydrogen-bond acceptors (Lipinski definition) is 3. The summed E-state index contributed by atoms with van der Waals surface area (Å²) in [7, 11) is 1.62. The van der Waals surface area contributed by atoms with E-state index < -0.39 is 0 Å². The Labute approximate surface area is 79.6 Å². The summed E-state index contributed by atoms with van der Waals surface area (Å²) in [4.78, 5) is 2.09. The van der Waals surface area contributed by atoms with Gasteiger partial charge in [0, 0.05) is 12.6 Å². The molecular formula is C10H16N2O. The Morgan fingerprint density at radius 1 is 1.77 bits per heavy atom. The van der Waals surface area contributed by atoms with Crippen LogP contribution in [-0.2, 0) is 4.74 Å². The summed E-state index contributed by atoms with van der Waals surface area (Å²) in [6, 6.07) is 2.50. The van der Waals surface area contributed by atoms with Crippen molar-refractivity contribution in [2.24, 2.45) is 5.92 Å². The molecule has 1 heterocycles. The minimum atomic E-state index is 0.289. The minimum absolute atomic E-state index is 0.289. The van der Waals surface area contributed by atoms with Gasteiger partial charge in [-0.05, 0) is 18.9 Å². The van der Waals surface area contributed by atoms with Crippen LogP contribution in [0.25, 0.3) is 0 Å². The van der Waals surface area contributed by atoms with Gasteiger partial charge in [0.25, 0.3) is 0 Å². The van der Waals surface area contributed by atoms with E-state index in [1.165, 1.54) is 0 Å². The van der Waals surface area contributed by atoms with E-state index in [9.17, 15) is 0 Å². The quantitative estimate of drug-likeness (QED) is 0.620. The zero-order chi connectivity index (χ0) is 9.84. The first-order valence-corrected chi connectivity index (χ1v) is 4.57. The maximum absolute atomic E-state index is 8.67. The molecule has 0 radical (unpaired) electrons. The molecule has 0 N–H and O–H groups in total. The third-order valence-electron chi connectivity index (χ3n) is 2.74. The minimum Gasteiger partial charge on any atom is -0.483 e. The first kappa shape index (κ1) is 9.91. The molecular weight excluding hydrogens is 164 g/mol. The van der Waals surface area contributed by atoms with Crippen LogP contribution in [0.4, 0.5) is 0 Å². The molecule has 3 nitrogen and oxygen atoms in total. The highest BCUT2D eigenvalue weighted by molar-refractivity contribution is 4.98. The molecule has 0 aliphatic carbocycles. The van der Waals surface area contributed by atoms with E-state index in [-0.39, 0.29) is 6.04 Å². The molecule has 0 aromatic carbocycles. The maximum Gasteiger partial charge on any atom is 0.181 e. The van der Waals surface area contributed by atoms with Crippen molar-refractivity contribution in [3.8, 4) is 6.07 Å². The maximum atomic E-state index is 8.67. The zero-order valence-electron chi connectivity index (χ0n) is 8.29. The first-order chi connectivity index (χ1) is 6.20. The highest BCUT2D eigenvalue weighted by atomic mass is 16.5. The molecule has 0 aromatic heterocycles. The van der Waals surface area contributed by atoms with Crippen LogP contribution >= 0.6 is 0 Å². The van der Waals surface area contributed by atoms with Crippen LogP contribution in [0.2, 0.25) is 0 Å². The predicted octanol–water partition coefficient (Wildman–Crippen LogP) is 1.73. The summed E-state index contributed by atoms with van der Waals surface area (Å²) in [6.45, 7) is 6.95. The Morgan fingerprint density at radius 3 is 3.00 bits per heavy atom. The van der Waals surface area contributed by atoms with Crippen molar-refractivity contribution in [1.29, 1.82) is 5.26 Å². The Morgan fingerprint density at radius 2 is 2.46 bits per heavy atom. The monoisotopic (exact) mass is 180 g/mol. The third kappa shape index (κ3) is 1.95. The molecule has 0 amide bonds. The topological polar surface area (TPSA) is 36.3 Å². The normalized spacial score (nSPS) is 27.0. The predicted molar refractivity (Wildman–Crippen MR) is 50.7 cm³/mol. The van der Waals surface area contributed by atoms with Crippen molar-refractivity contribution in [3.05, 3.63) is 12.5 Å². The Hall–Kier alpha value is -1.17. The highest BCUT2D eigenvalue weighted by Crippen LogP contribution is 2.28. The lowest BCUT2D eigenvalue weighted by Crippen LogP contribution is -2.31. The van der Waals surface area contributed by atoms with Crippen molar-refractivity contribution >= 4 is 0 Å². The van der Waals surface area contributed by atoms with E-state index in [1.54, 1.807) is 7.11 Å². The van der Waals surface area contributed by atoms with E-state index in [0.717, 1.165) is 13.0 Å². The Balaban J connectivity index is 2.64. The number of rotatable bonds is 3. The molecule has 3 heteroatoms. The third-order valence-corrected chi connectivity index (χ3v) is 2.74. The van der Waals surface area contributed by atoms with Gasteiger partial charge in [-0.3, -0.25) is 0 Å². The number of hydrogen-bond donors (Lipinski definition) is 0. The van der Waals surface area contributed by atoms with Gasteiger partial charge in [0.2, 0.25) is 0 Å². The number of methoxy groups -OCH3 is 1. The van der Waals surface area contributed by atoms with Crippen LogP contribution in [0.1, 0.15) is 19.8 Å². The van der Waals surface area contributed by atoms with Gasteiger partial charge in [-0.15, -0.1) is 0 Å². The lowest BCUT2D eigenvalue weighted by atomic mass is 10.0. The molecule has 2 atom stereocenters. The molecule has 1 fully saturated rings. The van der Waals surface area contributed by atoms with Gasteiger partial charge < -0.3 is 9.64 Å². The molecule has 0 saturated carbocycles. The van der Waals surface area contributed by atoms with Crippen molar-refractivity contribution in [3.63, 3.8) is 0 Å². The smallest absolute Gasteiger partial charge is 0.181 e. The van der Waals surface area contributed by atoms with E-state index in [1.807, 2.05) is 0 Å². The van der Waals surface area contributed by atoms with Gasteiger partial charge in [-0.25, -0.2) is 0 Å². The summed E-state index contributed by atoms with van der Waals surface area (Å²) in [5, 5.41) is 8.67. The average Bonchev–Trinajstić information content (AvgIpc) is 2.48. The second-order valence-corrected chi connectivity index (χ2v) is 3.49. The van der Waals surface area contributed by atoms with Crippen molar-refractivity contribution in [2.75, 3.05) is 13.7 Å². The molecule has 0 aromatic rings. The summed E-state index contributed by atoms with van der Waals surface area (Å²) in [6.07, 6.45) is 1.68. The van der Waals surface area contributed by atoms with Gasteiger partial charge in [-0.1, -0.05) is 6.92 Å². The van der Waals surface area contributed by atoms with Crippen LogP contribution in [0, 0.1) is 17.2 Å². The average molecular weight is 180 g/mol. The van der Waals surface area contributed by atoms with Crippen LogP contribution in [0.15, 0.2) is 12.5 Å². The summed E-state index contributed by atoms with van der Waals surface area (Å²) < 4.78 is 5.08. The Kier molecular flexibility index (Phi) is 3.18. The second kappa shape index (κ2) is 4.18. The molecule has 0 spiro atoms. The number of nitrogens with zero attached hydrogens (tertiary/aromatic N) is 2. The van der Waals surface area contributed by atoms with Gasteiger partial charge in [-0.2, -0.15) is 5.26 Å². The summed E-state index contributed by atoms with van der Waals surface area (Å²) in [5.74, 6) is 1.25. The molecule has 1 saturated heterocycles. The van der Waals surface area contributed by atoms with Crippen molar-refractivity contribution < 1.29 is 4.74 Å². The second-order valence-electron chi connectivity index (χ2n) is 3.49. The standard InChI is InChI=1S/C10H16N2O/c1-8-5-7-12(9(2)13-3)10(8)4-6-11/h8,10H,2,4-5,7H2,1,3H3. The number of ether oxygens (including phenoxy) is 1. The largest absolute Gasteiger partial charge is 0.483 e. The van der Waals surface area contributed by atoms with Crippen molar-refractivity contribution in [1.82, 2.24) is 4.90 Å². The van der Waals surface area contributed by atoms with Crippen molar-refractivity contribution in [2.45, 2.75) is 25.8 Å². The molecule has 0 bridgehead atoms. The summed E-state index contributed by atoms with van der Waals surface area (Å²) in [5.41, 5.74) is 0. The van der Waals surface area contributed by atoms with E-state index >= 15 is 0 Å². The van der Waals surface area contributed by atoms with Crippen LogP contribution < -0.4 is 0 Å². The fourth-order valence-electron chi connectivity index (χ4n) is 1.84. The molecule has 2 unspecified atom stereocenters. The van der Waals surface area contributed by atoms with Gasteiger partial charge in [0.15, 0.2) is 5.88 Å². The van der Waals surface area contributed by atoms with Gasteiger partial charge >= 0.3 is 0 Å². The molecule has 1 aliphatic heterocycles. The van der Waals surface area contributed by atoms with Gasteiger partial charge in [0.1, 0.15) is 0 Å². The first-order valence-electron chi connectivity index (χ1n) is 4.57. The number of nitriles is 1. The number of likely N-dealkylation sites (tertiary alicyclic amines) is 1. The van der Waals surface area contributed by atoms with E-state index in [4.69, 9.17) is 10.00 Å². The van der Waals surface area contributed by atoms with Gasteiger partial charge in [0.05, 0.1) is 19.6 Å². The lowest BCUT2D eigenvalue weighted by molar-refractivity contribution is 0.138. The van der Waals surface area contributed by atoms with Crippen LogP contribution in [0.3, 0.4) is 0 Å². The fraction of sp³-hybridized carbons (Fsp3) is 0.700. The highest BCUT2D eigenvalue weighted by Gasteiger charge is 2.31. The van der Waals surface area contributed by atoms with Crippen LogP contribution in [-0.4, -0.2) is 24.6 Å².